The number of ether oxygens (including phenoxy) is 1. The van der Waals surface area contributed by atoms with Crippen molar-refractivity contribution in [3.63, 3.8) is 0 Å². The molecule has 0 saturated heterocycles. The molecule has 438 valence electrons. The second kappa shape index (κ2) is 22.1. The maximum absolute atomic E-state index is 14.2. The van der Waals surface area contributed by atoms with Crippen LogP contribution in [0, 0.1) is 0 Å². The normalized spacial score (nSPS) is 13.2. The molecule has 0 unspecified atom stereocenters. The van der Waals surface area contributed by atoms with Crippen LogP contribution >= 0.6 is 0 Å². The molecule has 0 saturated carbocycles. The standard InChI is InChI=1S/C32H12BF24.C22H17N2O2/c34-25(35,36)13-1-14(26(37,38)39)6-21(5-13)33(22-7-15(27(40,41)42)2-16(8-22)28(43,44)45,23-9-17(29(46,47)48)3-18(10-23)30(49,50)51)24-11-19(31(52,53)54)4-20(12-24)32(55,56)57;25-22(26-20-13-18-9-5-2-6-10-19(18)14-20)21-15-23-11-12-24(21)16-17-7-3-1-4-8-17/h1-12H;1-15H,16H2/q-1;+1. The molecule has 8 rings (SSSR count). The Morgan fingerprint density at radius 3 is 0.940 bits per heavy atom. The Balaban J connectivity index is 0.000000313. The van der Waals surface area contributed by atoms with Crippen LogP contribution in [0.3, 0.4) is 0 Å². The Kier molecular flexibility index (Phi) is 16.6. The van der Waals surface area contributed by atoms with Crippen molar-refractivity contribution in [2.24, 2.45) is 0 Å². The fraction of sp³-hybridized carbons (Fsp3) is 0.167. The van der Waals surface area contributed by atoms with Gasteiger partial charge in [-0.15, -0.1) is 0 Å². The van der Waals surface area contributed by atoms with E-state index in [0.717, 1.165) is 16.7 Å². The topological polar surface area (TPSA) is 43.1 Å². The number of alkyl halides is 24. The average molecular weight is 1200 g/mol. The van der Waals surface area contributed by atoms with Gasteiger partial charge in [0, 0.05) is 5.56 Å². The molecule has 0 fully saturated rings. The second-order valence-electron chi connectivity index (χ2n) is 18.2. The third-order valence-corrected chi connectivity index (χ3v) is 12.6. The number of hydrogen-bond donors (Lipinski definition) is 0. The predicted molar refractivity (Wildman–Crippen MR) is 248 cm³/mol. The highest BCUT2D eigenvalue weighted by molar-refractivity contribution is 7.20. The van der Waals surface area contributed by atoms with Gasteiger partial charge in [-0.05, 0) is 47.5 Å². The molecular weight excluding hydrogens is 1180 g/mol. The summed E-state index contributed by atoms with van der Waals surface area (Å²) in [7, 11) is 0. The van der Waals surface area contributed by atoms with E-state index >= 15 is 0 Å². The number of aromatic nitrogens is 2. The van der Waals surface area contributed by atoms with Crippen LogP contribution < -0.4 is 31.2 Å². The van der Waals surface area contributed by atoms with Crippen molar-refractivity contribution in [2.75, 3.05) is 0 Å². The molecule has 2 aliphatic rings. The Labute approximate surface area is 450 Å². The lowest BCUT2D eigenvalue weighted by atomic mass is 9.12. The van der Waals surface area contributed by atoms with E-state index in [9.17, 15) is 110 Å². The number of esters is 1. The summed E-state index contributed by atoms with van der Waals surface area (Å²) < 4.78 is 348. The summed E-state index contributed by atoms with van der Waals surface area (Å²) in [6.45, 7) is 0.576. The highest BCUT2D eigenvalue weighted by atomic mass is 19.4. The van der Waals surface area contributed by atoms with Gasteiger partial charge in [-0.2, -0.15) is 132 Å². The van der Waals surface area contributed by atoms with E-state index in [4.69, 9.17) is 4.74 Å². The molecule has 6 aromatic rings. The van der Waals surface area contributed by atoms with E-state index in [-0.39, 0.29) is 0 Å². The largest absolute Gasteiger partial charge is 0.418 e. The van der Waals surface area contributed by atoms with Gasteiger partial charge in [0.15, 0.2) is 12.7 Å². The molecule has 83 heavy (non-hydrogen) atoms. The van der Waals surface area contributed by atoms with Crippen LogP contribution in [0.2, 0.25) is 0 Å². The van der Waals surface area contributed by atoms with Gasteiger partial charge in [0.05, 0.1) is 50.7 Å². The zero-order valence-corrected chi connectivity index (χ0v) is 40.7. The zero-order valence-electron chi connectivity index (χ0n) is 40.7. The number of carbonyl (C=O) groups is 1. The Morgan fingerprint density at radius 2 is 0.663 bits per heavy atom. The smallest absolute Gasteiger partial charge is 0.416 e. The molecule has 1 heterocycles. The van der Waals surface area contributed by atoms with Crippen LogP contribution in [0.25, 0.3) is 11.1 Å². The predicted octanol–water partition coefficient (Wildman–Crippen LogP) is 15.0. The fourth-order valence-electron chi connectivity index (χ4n) is 8.95. The molecule has 0 spiro atoms. The summed E-state index contributed by atoms with van der Waals surface area (Å²) in [6.07, 6.45) is -49.8. The second-order valence-corrected chi connectivity index (χ2v) is 18.2. The molecule has 0 amide bonds. The quantitative estimate of drug-likeness (QED) is 0.0659. The highest BCUT2D eigenvalue weighted by Gasteiger charge is 2.47. The number of fused-ring (bicyclic) bond motifs is 1. The molecule has 29 heteroatoms. The lowest BCUT2D eigenvalue weighted by Crippen LogP contribution is -2.75. The lowest BCUT2D eigenvalue weighted by molar-refractivity contribution is -0.691. The number of rotatable bonds is 8. The lowest BCUT2D eigenvalue weighted by Gasteiger charge is -2.46. The molecule has 5 aromatic carbocycles. The fourth-order valence-corrected chi connectivity index (χ4v) is 8.95. The average Bonchev–Trinajstić information content (AvgIpc) is 1.30. The molecule has 1 aromatic heterocycles. The molecule has 2 aliphatic carbocycles. The molecule has 0 bridgehead atoms. The van der Waals surface area contributed by atoms with Crippen molar-refractivity contribution < 1.29 is 119 Å². The Hall–Kier alpha value is -8.27. The number of carbonyl (C=O) groups excluding carboxylic acids is 1. The number of hydrogen-bond acceptors (Lipinski definition) is 3. The first kappa shape index (κ1) is 62.3. The molecule has 4 nitrogen and oxygen atoms in total. The zero-order chi connectivity index (χ0) is 61.7. The van der Waals surface area contributed by atoms with Crippen molar-refractivity contribution in [2.45, 2.75) is 56.0 Å². The van der Waals surface area contributed by atoms with Gasteiger partial charge in [0.1, 0.15) is 18.1 Å². The van der Waals surface area contributed by atoms with Crippen LogP contribution in [0.1, 0.15) is 60.6 Å². The third kappa shape index (κ3) is 14.3. The number of benzene rings is 5. The van der Waals surface area contributed by atoms with Crippen LogP contribution in [-0.4, -0.2) is 17.1 Å². The van der Waals surface area contributed by atoms with Gasteiger partial charge in [-0.3, -0.25) is 4.98 Å². The van der Waals surface area contributed by atoms with Crippen LogP contribution in [0.5, 0.6) is 5.75 Å². The minimum Gasteiger partial charge on any atom is -0.418 e. The third-order valence-electron chi connectivity index (χ3n) is 12.6. The van der Waals surface area contributed by atoms with Gasteiger partial charge in [-0.1, -0.05) is 109 Å². The molecule has 0 aliphatic heterocycles. The van der Waals surface area contributed by atoms with Crippen molar-refractivity contribution in [3.05, 3.63) is 220 Å². The van der Waals surface area contributed by atoms with E-state index in [2.05, 4.69) is 4.98 Å². The maximum Gasteiger partial charge on any atom is 0.416 e. The monoisotopic (exact) mass is 1200 g/mol. The van der Waals surface area contributed by atoms with Gasteiger partial charge < -0.3 is 4.74 Å². The van der Waals surface area contributed by atoms with E-state index in [0.29, 0.717) is 18.0 Å². The number of nitrogens with zero attached hydrogens (tertiary/aromatic N) is 2. The first-order valence-electron chi connectivity index (χ1n) is 23.0. The van der Waals surface area contributed by atoms with Crippen LogP contribution in [0.4, 0.5) is 105 Å². The first-order valence-corrected chi connectivity index (χ1v) is 23.0. The SMILES string of the molecule is FC(F)(F)c1cc([B-](c2cc(C(F)(F)F)cc(C(F)(F)F)c2)(c2cc(C(F)(F)F)cc(C(F)(F)F)c2)c2cc(C(F)(F)F)cc(C(F)(F)F)c2)cc(C(F)(F)F)c1.O=C(Oc1cc2cccccc-2c1)c1cncc[n+]1Cc1ccccc1. The van der Waals surface area contributed by atoms with E-state index < -0.39 is 201 Å². The van der Waals surface area contributed by atoms with E-state index in [1.807, 2.05) is 77.4 Å². The van der Waals surface area contributed by atoms with Gasteiger partial charge in [0.25, 0.3) is 0 Å². The molecule has 0 atom stereocenters. The summed E-state index contributed by atoms with van der Waals surface area (Å²) in [5.74, 6) is 0.111. The summed E-state index contributed by atoms with van der Waals surface area (Å²) in [6, 6.07) is 14.8. The summed E-state index contributed by atoms with van der Waals surface area (Å²) in [5, 5.41) is 0. The maximum atomic E-state index is 14.2. The Bertz CT molecular complexity index is 3150. The minimum atomic E-state index is -6.13. The van der Waals surface area contributed by atoms with Crippen LogP contribution in [-0.2, 0) is 56.0 Å². The van der Waals surface area contributed by atoms with E-state index in [1.54, 1.807) is 12.4 Å². The van der Waals surface area contributed by atoms with E-state index in [1.165, 1.54) is 6.20 Å². The highest BCUT2D eigenvalue weighted by Crippen LogP contribution is 2.42. The van der Waals surface area contributed by atoms with Crippen molar-refractivity contribution >= 4 is 34.0 Å². The van der Waals surface area contributed by atoms with Crippen molar-refractivity contribution in [1.29, 1.82) is 0 Å². The summed E-state index contributed by atoms with van der Waals surface area (Å²) in [5.41, 5.74) is -26.6. The van der Waals surface area contributed by atoms with Gasteiger partial charge >= 0.3 is 61.1 Å². The summed E-state index contributed by atoms with van der Waals surface area (Å²) >= 11 is 0. The first-order chi connectivity index (χ1) is 38.1. The molecule has 0 radical (unpaired) electrons. The van der Waals surface area contributed by atoms with Crippen molar-refractivity contribution in [1.82, 2.24) is 4.98 Å². The van der Waals surface area contributed by atoms with Crippen LogP contribution in [0.15, 0.2) is 164 Å². The van der Waals surface area contributed by atoms with Crippen molar-refractivity contribution in [3.8, 4) is 16.9 Å². The van der Waals surface area contributed by atoms with Gasteiger partial charge in [-0.25, -0.2) is 4.79 Å². The number of halogens is 24. The minimum absolute atomic E-state index is 0.409. The molecule has 0 N–H and O–H groups in total. The van der Waals surface area contributed by atoms with Gasteiger partial charge in [0.2, 0.25) is 0 Å². The molecular formula is C54H29BF24N2O2. The Morgan fingerprint density at radius 1 is 0.386 bits per heavy atom. The summed E-state index contributed by atoms with van der Waals surface area (Å²) in [4.78, 5) is 16.8.